The average Bonchev–Trinajstić information content (AvgIpc) is 3.20. The molecule has 11 nitrogen and oxygen atoms in total. The third kappa shape index (κ3) is 7.94. The normalized spacial score (nSPS) is 20.9. The number of rotatable bonds is 8. The van der Waals surface area contributed by atoms with Crippen molar-refractivity contribution in [3.8, 4) is 40.2 Å². The van der Waals surface area contributed by atoms with Crippen LogP contribution >= 0.6 is 0 Å². The number of nitrogens with zero attached hydrogens (tertiary/aromatic N) is 3. The summed E-state index contributed by atoms with van der Waals surface area (Å²) in [4.78, 5) is 6.90. The number of hydrogen-bond acceptors (Lipinski definition) is 11. The number of aliphatic hydroxyl groups is 3. The fourth-order valence-corrected chi connectivity index (χ4v) is 8.90. The Morgan fingerprint density at radius 3 is 2.20 bits per heavy atom. The molecule has 0 spiro atoms. The molecule has 5 heterocycles. The number of likely N-dealkylation sites (tertiary alicyclic amines) is 1. The van der Waals surface area contributed by atoms with Crippen LogP contribution in [-0.4, -0.2) is 110 Å². The lowest BCUT2D eigenvalue weighted by Crippen LogP contribution is -2.41. The first kappa shape index (κ1) is 38.5. The van der Waals surface area contributed by atoms with Gasteiger partial charge in [0.05, 0.1) is 26.9 Å². The van der Waals surface area contributed by atoms with Crippen molar-refractivity contribution >= 4 is 0 Å². The number of aliphatic hydroxyl groups excluding tert-OH is 3. The van der Waals surface area contributed by atoms with E-state index in [0.717, 1.165) is 67.9 Å². The number of likely N-dealkylation sites (N-methyl/N-ethyl adjacent to an activating group) is 2. The summed E-state index contributed by atoms with van der Waals surface area (Å²) in [5.74, 6) is 4.08. The van der Waals surface area contributed by atoms with Crippen LogP contribution in [0.5, 0.6) is 40.2 Å². The zero-order valence-corrected chi connectivity index (χ0v) is 33.0. The fraction of sp³-hybridized carbons (Fsp3) is 0.467. The summed E-state index contributed by atoms with van der Waals surface area (Å²) in [5.41, 5.74) is 7.41. The van der Waals surface area contributed by atoms with Gasteiger partial charge in [-0.25, -0.2) is 0 Å². The Hall–Kier alpha value is -4.36. The second-order valence-corrected chi connectivity index (χ2v) is 15.9. The van der Waals surface area contributed by atoms with E-state index in [1.54, 1.807) is 14.2 Å². The van der Waals surface area contributed by atoms with E-state index in [-0.39, 0.29) is 31.4 Å². The van der Waals surface area contributed by atoms with E-state index in [4.69, 9.17) is 23.7 Å². The molecule has 1 unspecified atom stereocenters. The summed E-state index contributed by atoms with van der Waals surface area (Å²) in [6.45, 7) is 3.44. The van der Waals surface area contributed by atoms with Crippen LogP contribution in [0, 0.1) is 0 Å². The summed E-state index contributed by atoms with van der Waals surface area (Å²) >= 11 is 0. The van der Waals surface area contributed by atoms with E-state index >= 15 is 0 Å². The van der Waals surface area contributed by atoms with Crippen molar-refractivity contribution < 1.29 is 39.0 Å². The van der Waals surface area contributed by atoms with E-state index in [1.165, 1.54) is 16.7 Å². The molecule has 0 saturated carbocycles. The summed E-state index contributed by atoms with van der Waals surface area (Å²) in [5, 5.41) is 32.1. The quantitative estimate of drug-likeness (QED) is 0.201. The van der Waals surface area contributed by atoms with Crippen LogP contribution in [-0.2, 0) is 32.3 Å². The van der Waals surface area contributed by atoms with Gasteiger partial charge in [-0.15, -0.1) is 0 Å². The maximum absolute atomic E-state index is 11.3. The maximum Gasteiger partial charge on any atom is 0.204 e. The van der Waals surface area contributed by atoms with Crippen molar-refractivity contribution in [3.05, 3.63) is 99.6 Å². The first-order chi connectivity index (χ1) is 27.2. The van der Waals surface area contributed by atoms with Crippen LogP contribution < -0.4 is 23.7 Å². The third-order valence-electron chi connectivity index (χ3n) is 12.2. The summed E-state index contributed by atoms with van der Waals surface area (Å²) in [6, 6.07) is 20.6. The topological polar surface area (TPSA) is 117 Å². The molecule has 298 valence electrons. The lowest BCUT2D eigenvalue weighted by molar-refractivity contribution is 0.0329. The first-order valence-electron chi connectivity index (χ1n) is 19.9. The van der Waals surface area contributed by atoms with Crippen molar-refractivity contribution in [2.75, 3.05) is 67.6 Å². The van der Waals surface area contributed by atoms with Gasteiger partial charge < -0.3 is 43.9 Å². The zero-order valence-electron chi connectivity index (χ0n) is 33.0. The van der Waals surface area contributed by atoms with Gasteiger partial charge in [-0.05, 0) is 123 Å². The predicted octanol–water partition coefficient (Wildman–Crippen LogP) is 5.83. The Labute approximate surface area is 329 Å². The van der Waals surface area contributed by atoms with E-state index in [0.29, 0.717) is 65.9 Å². The molecular formula is C45H55N3O8. The second kappa shape index (κ2) is 16.6. The van der Waals surface area contributed by atoms with Gasteiger partial charge in [0, 0.05) is 55.9 Å². The number of piperidine rings is 1. The number of hydrogen-bond donors (Lipinski definition) is 3. The largest absolute Gasteiger partial charge is 0.493 e. The number of fused-ring (bicyclic) bond motifs is 2. The van der Waals surface area contributed by atoms with Gasteiger partial charge in [0.25, 0.3) is 0 Å². The number of benzene rings is 4. The van der Waals surface area contributed by atoms with E-state index in [2.05, 4.69) is 71.3 Å². The molecule has 0 aromatic heterocycles. The highest BCUT2D eigenvalue weighted by atomic mass is 16.5. The van der Waals surface area contributed by atoms with Gasteiger partial charge >= 0.3 is 0 Å². The SMILES string of the molecule is COc1ccc2cc1Oc1ccc(cc1)C[C@H]1c3cc(c(CO)cc3CCN1C)Oc1c(OCC(O)CN3CCC(O)CC3)c(OC)cc3c1[C@H](C2)N(C)CC3. The Balaban J connectivity index is 1.27. The minimum Gasteiger partial charge on any atom is -0.493 e. The highest BCUT2D eigenvalue weighted by Gasteiger charge is 2.35. The van der Waals surface area contributed by atoms with Crippen LogP contribution in [0.1, 0.15) is 63.9 Å². The first-order valence-corrected chi connectivity index (χ1v) is 19.9. The number of ether oxygens (including phenoxy) is 5. The van der Waals surface area contributed by atoms with Crippen molar-refractivity contribution in [2.24, 2.45) is 0 Å². The molecule has 0 radical (unpaired) electrons. The molecule has 9 rings (SSSR count). The van der Waals surface area contributed by atoms with Crippen molar-refractivity contribution in [2.45, 2.75) is 69.4 Å². The van der Waals surface area contributed by atoms with Crippen LogP contribution in [0.4, 0.5) is 0 Å². The molecule has 5 aliphatic heterocycles. The molecule has 0 aliphatic carbocycles. The fourth-order valence-electron chi connectivity index (χ4n) is 8.90. The summed E-state index contributed by atoms with van der Waals surface area (Å²) in [7, 11) is 7.59. The molecular weight excluding hydrogens is 711 g/mol. The highest BCUT2D eigenvalue weighted by molar-refractivity contribution is 5.63. The van der Waals surface area contributed by atoms with Gasteiger partial charge in [-0.2, -0.15) is 0 Å². The summed E-state index contributed by atoms with van der Waals surface area (Å²) < 4.78 is 32.1. The average molecular weight is 766 g/mol. The molecule has 4 aromatic rings. The lowest BCUT2D eigenvalue weighted by atomic mass is 9.86. The summed E-state index contributed by atoms with van der Waals surface area (Å²) in [6.07, 6.45) is 3.37. The highest BCUT2D eigenvalue weighted by Crippen LogP contribution is 2.51. The van der Waals surface area contributed by atoms with Crippen LogP contribution in [0.25, 0.3) is 0 Å². The molecule has 0 amide bonds. The minimum atomic E-state index is -0.782. The molecule has 56 heavy (non-hydrogen) atoms. The predicted molar refractivity (Wildman–Crippen MR) is 214 cm³/mol. The molecule has 1 saturated heterocycles. The van der Waals surface area contributed by atoms with Gasteiger partial charge in [-0.1, -0.05) is 18.2 Å². The standard InChI is InChI=1S/C45H55N3O8/c1-46-15-11-30-22-32(26-49)40-24-36(30)37(46)19-28-5-8-35(9-6-28)55-41-21-29(7-10-39(41)52-3)20-38-43-31(12-16-47(38)2)23-42(53-4)44(45(43)56-40)54-27-34(51)25-48-17-13-33(50)14-18-48/h5-10,21-24,33-34,37-38,49-51H,11-20,25-27H2,1-4H3/t34?,37-,38-/m0/s1. The monoisotopic (exact) mass is 765 g/mol. The van der Waals surface area contributed by atoms with Gasteiger partial charge in [0.2, 0.25) is 5.75 Å². The van der Waals surface area contributed by atoms with E-state index in [1.807, 2.05) is 18.2 Å². The molecule has 4 aromatic carbocycles. The van der Waals surface area contributed by atoms with Gasteiger partial charge in [0.1, 0.15) is 24.2 Å². The third-order valence-corrected chi connectivity index (χ3v) is 12.2. The molecule has 11 heteroatoms. The minimum absolute atomic E-state index is 0.0205. The lowest BCUT2D eigenvalue weighted by Gasteiger charge is -2.38. The smallest absolute Gasteiger partial charge is 0.204 e. The number of β-amino-alcohol motifs (C(OH)–C–C–N with tert-alkyl or cyclic N) is 1. The van der Waals surface area contributed by atoms with Crippen molar-refractivity contribution in [3.63, 3.8) is 0 Å². The van der Waals surface area contributed by atoms with Gasteiger partial charge in [0.15, 0.2) is 23.0 Å². The van der Waals surface area contributed by atoms with Crippen molar-refractivity contribution in [1.82, 2.24) is 14.7 Å². The number of methoxy groups -OCH3 is 2. The Morgan fingerprint density at radius 1 is 0.768 bits per heavy atom. The Morgan fingerprint density at radius 2 is 1.46 bits per heavy atom. The Bertz CT molecular complexity index is 2010. The molecule has 3 atom stereocenters. The van der Waals surface area contributed by atoms with Crippen molar-refractivity contribution in [1.29, 1.82) is 0 Å². The second-order valence-electron chi connectivity index (χ2n) is 15.9. The van der Waals surface area contributed by atoms with Gasteiger partial charge in [-0.3, -0.25) is 9.80 Å². The maximum atomic E-state index is 11.3. The zero-order chi connectivity index (χ0) is 38.9. The van der Waals surface area contributed by atoms with E-state index < -0.39 is 6.10 Å². The molecule has 5 aliphatic rings. The molecule has 1 fully saturated rings. The van der Waals surface area contributed by atoms with Crippen LogP contribution in [0.3, 0.4) is 0 Å². The molecule has 3 N–H and O–H groups in total. The van der Waals surface area contributed by atoms with Crippen LogP contribution in [0.2, 0.25) is 0 Å². The Kier molecular flexibility index (Phi) is 11.4. The van der Waals surface area contributed by atoms with E-state index in [9.17, 15) is 15.3 Å². The molecule has 6 bridgehead atoms. The van der Waals surface area contributed by atoms with Crippen LogP contribution in [0.15, 0.2) is 60.7 Å².